The Hall–Kier alpha value is -2.63. The third-order valence-corrected chi connectivity index (χ3v) is 3.45. The topological polar surface area (TPSA) is 71.3 Å². The second-order valence-corrected chi connectivity index (χ2v) is 4.58. The molecule has 0 amide bonds. The van der Waals surface area contributed by atoms with E-state index in [4.69, 9.17) is 0 Å². The largest absolute Gasteiger partial charge is 0.373 e. The first-order valence-corrected chi connectivity index (χ1v) is 6.39. The lowest BCUT2D eigenvalue weighted by Gasteiger charge is -2.18. The van der Waals surface area contributed by atoms with Crippen LogP contribution in [0.2, 0.25) is 0 Å². The first-order valence-electron chi connectivity index (χ1n) is 6.39. The molecule has 2 aromatic rings. The molecule has 0 atom stereocenters. The summed E-state index contributed by atoms with van der Waals surface area (Å²) in [6.45, 7) is 0.709. The number of nitro groups is 1. The fraction of sp³-hybridized carbons (Fsp3) is 0.214. The molecule has 0 fully saturated rings. The van der Waals surface area contributed by atoms with Crippen LogP contribution in [0.4, 0.5) is 23.0 Å². The highest BCUT2D eigenvalue weighted by atomic mass is 16.6. The van der Waals surface area contributed by atoms with Gasteiger partial charge in [0.2, 0.25) is 5.82 Å². The first-order chi connectivity index (χ1) is 9.70. The van der Waals surface area contributed by atoms with E-state index in [2.05, 4.69) is 10.3 Å². The SMILES string of the molecule is CNc1ccc([N+](=O)[O-])c(N2CCc3ccccc32)n1. The van der Waals surface area contributed by atoms with Gasteiger partial charge in [0.1, 0.15) is 5.82 Å². The Labute approximate surface area is 116 Å². The molecule has 0 bridgehead atoms. The molecule has 6 nitrogen and oxygen atoms in total. The van der Waals surface area contributed by atoms with Crippen LogP contribution in [0.1, 0.15) is 5.56 Å². The standard InChI is InChI=1S/C14H14N4O2/c1-15-13-7-6-12(18(19)20)14(16-13)17-9-8-10-4-2-3-5-11(10)17/h2-7H,8-9H2,1H3,(H,15,16). The fourth-order valence-corrected chi connectivity index (χ4v) is 2.48. The average molecular weight is 270 g/mol. The normalized spacial score (nSPS) is 13.2. The minimum absolute atomic E-state index is 0.0284. The quantitative estimate of drug-likeness (QED) is 0.686. The molecule has 1 N–H and O–H groups in total. The molecule has 3 rings (SSSR count). The second-order valence-electron chi connectivity index (χ2n) is 4.58. The third-order valence-electron chi connectivity index (χ3n) is 3.45. The summed E-state index contributed by atoms with van der Waals surface area (Å²) < 4.78 is 0. The number of nitrogens with zero attached hydrogens (tertiary/aromatic N) is 3. The van der Waals surface area contributed by atoms with Gasteiger partial charge in [-0.15, -0.1) is 0 Å². The minimum atomic E-state index is -0.386. The number of aromatic nitrogens is 1. The predicted molar refractivity (Wildman–Crippen MR) is 77.6 cm³/mol. The van der Waals surface area contributed by atoms with Gasteiger partial charge in [0, 0.05) is 25.3 Å². The number of hydrogen-bond donors (Lipinski definition) is 1. The number of rotatable bonds is 3. The average Bonchev–Trinajstić information content (AvgIpc) is 2.90. The highest BCUT2D eigenvalue weighted by Gasteiger charge is 2.27. The van der Waals surface area contributed by atoms with Crippen molar-refractivity contribution >= 4 is 23.0 Å². The van der Waals surface area contributed by atoms with Gasteiger partial charge < -0.3 is 10.2 Å². The van der Waals surface area contributed by atoms with Crippen molar-refractivity contribution in [1.29, 1.82) is 0 Å². The van der Waals surface area contributed by atoms with Crippen LogP contribution in [0.5, 0.6) is 0 Å². The van der Waals surface area contributed by atoms with E-state index >= 15 is 0 Å². The molecular formula is C14H14N4O2. The van der Waals surface area contributed by atoms with E-state index in [0.29, 0.717) is 18.2 Å². The van der Waals surface area contributed by atoms with Crippen LogP contribution in [-0.2, 0) is 6.42 Å². The Morgan fingerprint density at radius 3 is 2.85 bits per heavy atom. The summed E-state index contributed by atoms with van der Waals surface area (Å²) >= 11 is 0. The third kappa shape index (κ3) is 1.95. The van der Waals surface area contributed by atoms with Gasteiger partial charge in [-0.3, -0.25) is 10.1 Å². The molecule has 0 unspecified atom stereocenters. The summed E-state index contributed by atoms with van der Waals surface area (Å²) in [6, 6.07) is 11.0. The van der Waals surface area contributed by atoms with Gasteiger partial charge in [-0.2, -0.15) is 0 Å². The maximum Gasteiger partial charge on any atom is 0.312 e. The zero-order chi connectivity index (χ0) is 14.1. The molecule has 20 heavy (non-hydrogen) atoms. The number of nitrogens with one attached hydrogen (secondary N) is 1. The van der Waals surface area contributed by atoms with Gasteiger partial charge in [0.25, 0.3) is 0 Å². The lowest BCUT2D eigenvalue weighted by atomic mass is 10.2. The van der Waals surface area contributed by atoms with E-state index in [9.17, 15) is 10.1 Å². The molecule has 0 saturated heterocycles. The zero-order valence-corrected chi connectivity index (χ0v) is 11.0. The van der Waals surface area contributed by atoms with E-state index in [1.165, 1.54) is 11.6 Å². The summed E-state index contributed by atoms with van der Waals surface area (Å²) in [7, 11) is 1.75. The smallest absolute Gasteiger partial charge is 0.312 e. The fourth-order valence-electron chi connectivity index (χ4n) is 2.48. The molecule has 1 aromatic carbocycles. The van der Waals surface area contributed by atoms with Crippen molar-refractivity contribution in [2.75, 3.05) is 23.8 Å². The maximum atomic E-state index is 11.2. The Bertz CT molecular complexity index is 672. The molecule has 0 saturated carbocycles. The van der Waals surface area contributed by atoms with Crippen LogP contribution in [-0.4, -0.2) is 23.5 Å². The van der Waals surface area contributed by atoms with Crippen molar-refractivity contribution in [3.63, 3.8) is 0 Å². The number of fused-ring (bicyclic) bond motifs is 1. The van der Waals surface area contributed by atoms with E-state index in [-0.39, 0.29) is 10.6 Å². The lowest BCUT2D eigenvalue weighted by Crippen LogP contribution is -2.17. The van der Waals surface area contributed by atoms with Gasteiger partial charge in [0.05, 0.1) is 4.92 Å². The van der Waals surface area contributed by atoms with Crippen LogP contribution in [0, 0.1) is 10.1 Å². The summed E-state index contributed by atoms with van der Waals surface area (Å²) in [4.78, 5) is 17.1. The van der Waals surface area contributed by atoms with E-state index in [1.54, 1.807) is 13.1 Å². The van der Waals surface area contributed by atoms with Crippen LogP contribution in [0.3, 0.4) is 0 Å². The second kappa shape index (κ2) is 4.80. The minimum Gasteiger partial charge on any atom is -0.373 e. The summed E-state index contributed by atoms with van der Waals surface area (Å²) in [5.41, 5.74) is 2.22. The highest BCUT2D eigenvalue weighted by Crippen LogP contribution is 2.38. The Morgan fingerprint density at radius 2 is 2.10 bits per heavy atom. The van der Waals surface area contributed by atoms with Crippen molar-refractivity contribution in [2.24, 2.45) is 0 Å². The van der Waals surface area contributed by atoms with Crippen LogP contribution >= 0.6 is 0 Å². The van der Waals surface area contributed by atoms with Crippen LogP contribution in [0.15, 0.2) is 36.4 Å². The monoisotopic (exact) mass is 270 g/mol. The van der Waals surface area contributed by atoms with Crippen molar-refractivity contribution in [3.8, 4) is 0 Å². The van der Waals surface area contributed by atoms with Crippen LogP contribution < -0.4 is 10.2 Å². The highest BCUT2D eigenvalue weighted by molar-refractivity contribution is 5.74. The molecule has 102 valence electrons. The van der Waals surface area contributed by atoms with Crippen molar-refractivity contribution in [3.05, 3.63) is 52.1 Å². The molecule has 1 aromatic heterocycles. The molecule has 2 heterocycles. The van der Waals surface area contributed by atoms with E-state index < -0.39 is 0 Å². The van der Waals surface area contributed by atoms with E-state index in [1.807, 2.05) is 29.2 Å². The van der Waals surface area contributed by atoms with Gasteiger partial charge in [0.15, 0.2) is 0 Å². The van der Waals surface area contributed by atoms with Crippen molar-refractivity contribution in [2.45, 2.75) is 6.42 Å². The molecule has 1 aliphatic heterocycles. The van der Waals surface area contributed by atoms with Crippen LogP contribution in [0.25, 0.3) is 0 Å². The maximum absolute atomic E-state index is 11.2. The summed E-state index contributed by atoms with van der Waals surface area (Å²) in [5.74, 6) is 1.02. The zero-order valence-electron chi connectivity index (χ0n) is 11.0. The number of hydrogen-bond acceptors (Lipinski definition) is 5. The van der Waals surface area contributed by atoms with Gasteiger partial charge >= 0.3 is 5.69 Å². The first kappa shape index (κ1) is 12.4. The van der Waals surface area contributed by atoms with Gasteiger partial charge in [-0.05, 0) is 24.1 Å². The number of para-hydroxylation sites is 1. The Balaban J connectivity index is 2.12. The summed E-state index contributed by atoms with van der Waals surface area (Å²) in [5, 5.41) is 14.1. The molecule has 6 heteroatoms. The Kier molecular flexibility index (Phi) is 2.98. The van der Waals surface area contributed by atoms with Gasteiger partial charge in [-0.1, -0.05) is 18.2 Å². The van der Waals surface area contributed by atoms with Crippen molar-refractivity contribution in [1.82, 2.24) is 4.98 Å². The molecule has 0 radical (unpaired) electrons. The molecule has 0 aliphatic carbocycles. The molecular weight excluding hydrogens is 256 g/mol. The predicted octanol–water partition coefficient (Wildman–Crippen LogP) is 2.73. The van der Waals surface area contributed by atoms with Gasteiger partial charge in [-0.25, -0.2) is 4.98 Å². The number of benzene rings is 1. The number of pyridine rings is 1. The lowest BCUT2D eigenvalue weighted by molar-refractivity contribution is -0.384. The van der Waals surface area contributed by atoms with Crippen molar-refractivity contribution < 1.29 is 4.92 Å². The molecule has 1 aliphatic rings. The van der Waals surface area contributed by atoms with E-state index in [0.717, 1.165) is 12.1 Å². The Morgan fingerprint density at radius 1 is 1.30 bits per heavy atom. The summed E-state index contributed by atoms with van der Waals surface area (Å²) in [6.07, 6.45) is 0.874. The molecule has 0 spiro atoms. The number of anilines is 3.